The lowest BCUT2D eigenvalue weighted by Crippen LogP contribution is -2.40. The van der Waals surface area contributed by atoms with Gasteiger partial charge in [0, 0.05) is 21.4 Å². The van der Waals surface area contributed by atoms with E-state index >= 15 is 0 Å². The van der Waals surface area contributed by atoms with Gasteiger partial charge < -0.3 is 4.55 Å². The Morgan fingerprint density at radius 2 is 2.00 bits per heavy atom. The fourth-order valence-corrected chi connectivity index (χ4v) is 2.43. The predicted octanol–water partition coefficient (Wildman–Crippen LogP) is 3.70. The zero-order valence-electron chi connectivity index (χ0n) is 10.4. The average molecular weight is 322 g/mol. The van der Waals surface area contributed by atoms with Crippen molar-refractivity contribution >= 4 is 27.3 Å². The van der Waals surface area contributed by atoms with Crippen LogP contribution in [0.25, 0.3) is 0 Å². The van der Waals surface area contributed by atoms with E-state index in [4.69, 9.17) is 0 Å². The highest BCUT2D eigenvalue weighted by atomic mass is 79.9. The summed E-state index contributed by atoms with van der Waals surface area (Å²) in [5, 5.41) is 0. The van der Waals surface area contributed by atoms with Crippen LogP contribution in [-0.4, -0.2) is 9.30 Å². The Bertz CT molecular complexity index is 395. The number of hydrogen-bond donors (Lipinski definition) is 1. The summed E-state index contributed by atoms with van der Waals surface area (Å²) < 4.78 is 28.9. The van der Waals surface area contributed by atoms with Crippen LogP contribution in [0, 0.1) is 5.82 Å². The van der Waals surface area contributed by atoms with E-state index in [1.54, 1.807) is 19.1 Å². The van der Waals surface area contributed by atoms with Crippen LogP contribution < -0.4 is 4.72 Å². The molecule has 0 aliphatic carbocycles. The summed E-state index contributed by atoms with van der Waals surface area (Å²) in [4.78, 5) is 0. The molecule has 0 heterocycles. The third-order valence-corrected chi connectivity index (χ3v) is 4.44. The molecular formula is C12H17BrFNOS. The Morgan fingerprint density at radius 1 is 1.41 bits per heavy atom. The van der Waals surface area contributed by atoms with E-state index in [-0.39, 0.29) is 16.6 Å². The Morgan fingerprint density at radius 3 is 2.53 bits per heavy atom. The van der Waals surface area contributed by atoms with Crippen LogP contribution in [-0.2, 0) is 11.4 Å². The second-order valence-electron chi connectivity index (χ2n) is 4.89. The molecule has 0 aliphatic rings. The number of halogens is 2. The summed E-state index contributed by atoms with van der Waals surface area (Å²) in [6.07, 6.45) is 0. The minimum atomic E-state index is -1.21. The Hall–Kier alpha value is -0.100. The van der Waals surface area contributed by atoms with Gasteiger partial charge in [0.2, 0.25) is 0 Å². The molecule has 2 unspecified atom stereocenters. The molecule has 0 radical (unpaired) electrons. The molecule has 5 heteroatoms. The maximum atomic E-state index is 13.6. The number of hydrogen-bond acceptors (Lipinski definition) is 2. The lowest BCUT2D eigenvalue weighted by Gasteiger charge is -2.26. The van der Waals surface area contributed by atoms with Crippen molar-refractivity contribution in [1.82, 2.24) is 4.72 Å². The summed E-state index contributed by atoms with van der Waals surface area (Å²) in [6.45, 7) is 7.43. The molecule has 1 aromatic carbocycles. The molecular weight excluding hydrogens is 305 g/mol. The van der Waals surface area contributed by atoms with Gasteiger partial charge in [-0.1, -0.05) is 15.9 Å². The van der Waals surface area contributed by atoms with E-state index in [2.05, 4.69) is 20.7 Å². The first kappa shape index (κ1) is 15.0. The van der Waals surface area contributed by atoms with E-state index in [0.717, 1.165) is 4.47 Å². The monoisotopic (exact) mass is 321 g/mol. The second kappa shape index (κ2) is 5.69. The first-order chi connectivity index (χ1) is 7.71. The largest absolute Gasteiger partial charge is 0.598 e. The van der Waals surface area contributed by atoms with Crippen molar-refractivity contribution in [2.75, 3.05) is 0 Å². The molecule has 17 heavy (non-hydrogen) atoms. The molecule has 0 saturated carbocycles. The topological polar surface area (TPSA) is 35.1 Å². The lowest BCUT2D eigenvalue weighted by atomic mass is 10.1. The quantitative estimate of drug-likeness (QED) is 0.861. The smallest absolute Gasteiger partial charge is 0.136 e. The lowest BCUT2D eigenvalue weighted by molar-refractivity contribution is 0.522. The van der Waals surface area contributed by atoms with E-state index in [9.17, 15) is 8.94 Å². The van der Waals surface area contributed by atoms with Crippen LogP contribution >= 0.6 is 15.9 Å². The molecule has 2 nitrogen and oxygen atoms in total. The Balaban J connectivity index is 2.83. The standard InChI is InChI=1S/C12H17BrFNOS/c1-8(15-17(16)12(2,3)4)10-7-9(13)5-6-11(10)14/h5-8,15H,1-4H3. The number of benzene rings is 1. The van der Waals surface area contributed by atoms with Gasteiger partial charge in [-0.15, -0.1) is 4.72 Å². The normalized spacial score (nSPS) is 15.7. The fourth-order valence-electron chi connectivity index (χ4n) is 1.25. The van der Waals surface area contributed by atoms with Gasteiger partial charge in [-0.25, -0.2) is 4.39 Å². The van der Waals surface area contributed by atoms with Crippen molar-refractivity contribution in [1.29, 1.82) is 0 Å². The number of nitrogens with one attached hydrogen (secondary N) is 1. The molecule has 0 bridgehead atoms. The molecule has 0 fully saturated rings. The molecule has 0 saturated heterocycles. The molecule has 1 N–H and O–H groups in total. The average Bonchev–Trinajstić information content (AvgIpc) is 2.20. The maximum Gasteiger partial charge on any atom is 0.136 e. The Labute approximate surface area is 113 Å². The van der Waals surface area contributed by atoms with Crippen molar-refractivity contribution in [3.05, 3.63) is 34.1 Å². The summed E-state index contributed by atoms with van der Waals surface area (Å²) in [5.41, 5.74) is 0.511. The zero-order valence-corrected chi connectivity index (χ0v) is 12.8. The minimum absolute atomic E-state index is 0.292. The zero-order chi connectivity index (χ0) is 13.2. The molecule has 0 amide bonds. The summed E-state index contributed by atoms with van der Waals surface area (Å²) in [6, 6.07) is 4.45. The van der Waals surface area contributed by atoms with E-state index in [1.165, 1.54) is 6.07 Å². The van der Waals surface area contributed by atoms with Crippen molar-refractivity contribution in [2.24, 2.45) is 0 Å². The van der Waals surface area contributed by atoms with Gasteiger partial charge in [-0.05, 0) is 45.9 Å². The first-order valence-electron chi connectivity index (χ1n) is 5.35. The highest BCUT2D eigenvalue weighted by Crippen LogP contribution is 2.24. The highest BCUT2D eigenvalue weighted by molar-refractivity contribution is 9.10. The van der Waals surface area contributed by atoms with Crippen LogP contribution in [0.2, 0.25) is 0 Å². The van der Waals surface area contributed by atoms with Gasteiger partial charge in [0.25, 0.3) is 0 Å². The third kappa shape index (κ3) is 4.25. The van der Waals surface area contributed by atoms with Crippen molar-refractivity contribution in [3.8, 4) is 0 Å². The van der Waals surface area contributed by atoms with Gasteiger partial charge in [0.1, 0.15) is 10.6 Å². The summed E-state index contributed by atoms with van der Waals surface area (Å²) in [5.74, 6) is -0.292. The minimum Gasteiger partial charge on any atom is -0.598 e. The maximum absolute atomic E-state index is 13.6. The van der Waals surface area contributed by atoms with Gasteiger partial charge in [-0.2, -0.15) is 0 Å². The van der Waals surface area contributed by atoms with Gasteiger partial charge in [0.05, 0.1) is 6.04 Å². The van der Waals surface area contributed by atoms with Crippen LogP contribution in [0.3, 0.4) is 0 Å². The number of rotatable bonds is 3. The van der Waals surface area contributed by atoms with Crippen molar-refractivity contribution < 1.29 is 8.94 Å². The SMILES string of the molecule is CC(N[S+]([O-])C(C)(C)C)c1cc(Br)ccc1F. The van der Waals surface area contributed by atoms with Crippen molar-refractivity contribution in [2.45, 2.75) is 38.5 Å². The van der Waals surface area contributed by atoms with Gasteiger partial charge in [-0.3, -0.25) is 0 Å². The molecule has 1 rings (SSSR count). The molecule has 2 atom stereocenters. The predicted molar refractivity (Wildman–Crippen MR) is 73.5 cm³/mol. The van der Waals surface area contributed by atoms with Crippen LogP contribution in [0.15, 0.2) is 22.7 Å². The van der Waals surface area contributed by atoms with E-state index < -0.39 is 11.4 Å². The van der Waals surface area contributed by atoms with E-state index in [1.807, 2.05) is 20.8 Å². The summed E-state index contributed by atoms with van der Waals surface area (Å²) >= 11 is 2.09. The van der Waals surface area contributed by atoms with E-state index in [0.29, 0.717) is 5.56 Å². The van der Waals surface area contributed by atoms with Crippen molar-refractivity contribution in [3.63, 3.8) is 0 Å². The third-order valence-electron chi connectivity index (χ3n) is 2.26. The first-order valence-corrected chi connectivity index (χ1v) is 7.29. The van der Waals surface area contributed by atoms with Gasteiger partial charge >= 0.3 is 0 Å². The molecule has 0 spiro atoms. The fraction of sp³-hybridized carbons (Fsp3) is 0.500. The Kier molecular flexibility index (Phi) is 5.01. The molecule has 0 aliphatic heterocycles. The van der Waals surface area contributed by atoms with Crippen LogP contribution in [0.4, 0.5) is 4.39 Å². The summed E-state index contributed by atoms with van der Waals surface area (Å²) in [7, 11) is 0. The second-order valence-corrected chi connectivity index (χ2v) is 7.80. The van der Waals surface area contributed by atoms with Crippen LogP contribution in [0.5, 0.6) is 0 Å². The molecule has 96 valence electrons. The van der Waals surface area contributed by atoms with Crippen LogP contribution in [0.1, 0.15) is 39.3 Å². The highest BCUT2D eigenvalue weighted by Gasteiger charge is 2.29. The molecule has 0 aromatic heterocycles. The van der Waals surface area contributed by atoms with Gasteiger partial charge in [0.15, 0.2) is 0 Å². The molecule has 1 aromatic rings.